The fourth-order valence-electron chi connectivity index (χ4n) is 1.04. The van der Waals surface area contributed by atoms with Crippen LogP contribution in [0.25, 0.3) is 0 Å². The Hall–Kier alpha value is -2.17. The van der Waals surface area contributed by atoms with E-state index < -0.39 is 0 Å². The van der Waals surface area contributed by atoms with Crippen LogP contribution in [0.4, 0.5) is 17.1 Å². The first kappa shape index (κ1) is 8.43. The Morgan fingerprint density at radius 1 is 1.07 bits per heavy atom. The molecule has 2 rings (SSSR count). The predicted molar refractivity (Wildman–Crippen MR) is 54.0 cm³/mol. The maximum atomic E-state index is 5.70. The van der Waals surface area contributed by atoms with Gasteiger partial charge in [0, 0.05) is 6.20 Å². The molecule has 3 N–H and O–H groups in total. The first-order valence-corrected chi connectivity index (χ1v) is 4.08. The molecule has 0 aliphatic carbocycles. The molecule has 0 saturated carbocycles. The summed E-state index contributed by atoms with van der Waals surface area (Å²) in [5.74, 6) is 0. The number of pyridine rings is 1. The van der Waals surface area contributed by atoms with Gasteiger partial charge in [-0.05, 0) is 6.07 Å². The fraction of sp³-hybridized carbons (Fsp3) is 0. The van der Waals surface area contributed by atoms with Crippen LogP contribution in [0, 0.1) is 0 Å². The molecule has 0 aliphatic rings. The lowest BCUT2D eigenvalue weighted by Crippen LogP contribution is -1.97. The molecule has 0 fully saturated rings. The number of nitrogens with one attached hydrogen (secondary N) is 1. The van der Waals surface area contributed by atoms with Crippen molar-refractivity contribution in [3.63, 3.8) is 0 Å². The SMILES string of the molecule is Nc1cnccc1Nc1cncnc1. The van der Waals surface area contributed by atoms with E-state index >= 15 is 0 Å². The molecule has 14 heavy (non-hydrogen) atoms. The topological polar surface area (TPSA) is 76.7 Å². The number of nitrogens with two attached hydrogens (primary N) is 1. The maximum Gasteiger partial charge on any atom is 0.115 e. The van der Waals surface area contributed by atoms with Crippen LogP contribution in [0.3, 0.4) is 0 Å². The van der Waals surface area contributed by atoms with E-state index in [0.29, 0.717) is 5.69 Å². The van der Waals surface area contributed by atoms with Gasteiger partial charge in [-0.15, -0.1) is 0 Å². The highest BCUT2D eigenvalue weighted by atomic mass is 15.0. The zero-order valence-corrected chi connectivity index (χ0v) is 7.38. The minimum Gasteiger partial charge on any atom is -0.396 e. The van der Waals surface area contributed by atoms with Crippen LogP contribution >= 0.6 is 0 Å². The molecule has 5 nitrogen and oxygen atoms in total. The van der Waals surface area contributed by atoms with Gasteiger partial charge in [-0.3, -0.25) is 4.98 Å². The first-order valence-electron chi connectivity index (χ1n) is 4.08. The van der Waals surface area contributed by atoms with Gasteiger partial charge < -0.3 is 11.1 Å². The molecule has 2 heterocycles. The normalized spacial score (nSPS) is 9.71. The monoisotopic (exact) mass is 187 g/mol. The van der Waals surface area contributed by atoms with Crippen molar-refractivity contribution in [1.29, 1.82) is 0 Å². The van der Waals surface area contributed by atoms with Crippen molar-refractivity contribution in [2.24, 2.45) is 0 Å². The second-order valence-electron chi connectivity index (χ2n) is 2.72. The van der Waals surface area contributed by atoms with Crippen molar-refractivity contribution in [3.8, 4) is 0 Å². The molecule has 0 saturated heterocycles. The van der Waals surface area contributed by atoms with Crippen LogP contribution in [0.2, 0.25) is 0 Å². The lowest BCUT2D eigenvalue weighted by atomic mass is 10.3. The number of hydrogen-bond donors (Lipinski definition) is 2. The van der Waals surface area contributed by atoms with E-state index in [4.69, 9.17) is 5.73 Å². The van der Waals surface area contributed by atoms with Crippen LogP contribution in [0.5, 0.6) is 0 Å². The van der Waals surface area contributed by atoms with Crippen molar-refractivity contribution in [1.82, 2.24) is 15.0 Å². The molecule has 0 radical (unpaired) electrons. The smallest absolute Gasteiger partial charge is 0.115 e. The number of aromatic nitrogens is 3. The van der Waals surface area contributed by atoms with Gasteiger partial charge >= 0.3 is 0 Å². The number of anilines is 3. The summed E-state index contributed by atoms with van der Waals surface area (Å²) in [7, 11) is 0. The Bertz CT molecular complexity index is 415. The summed E-state index contributed by atoms with van der Waals surface area (Å²) in [6.07, 6.45) is 8.08. The van der Waals surface area contributed by atoms with Gasteiger partial charge in [0.15, 0.2) is 0 Å². The lowest BCUT2D eigenvalue weighted by molar-refractivity contribution is 1.17. The standard InChI is InChI=1S/C9H9N5/c10-8-5-11-2-1-9(8)14-7-3-12-6-13-4-7/h1-6H,10H2,(H,11,14). The van der Waals surface area contributed by atoms with E-state index in [0.717, 1.165) is 11.4 Å². The molecular formula is C9H9N5. The summed E-state index contributed by atoms with van der Waals surface area (Å²) in [6.45, 7) is 0. The Morgan fingerprint density at radius 3 is 2.57 bits per heavy atom. The second-order valence-corrected chi connectivity index (χ2v) is 2.72. The van der Waals surface area contributed by atoms with Gasteiger partial charge in [0.05, 0.1) is 35.7 Å². The largest absolute Gasteiger partial charge is 0.396 e. The summed E-state index contributed by atoms with van der Waals surface area (Å²) in [6, 6.07) is 1.79. The summed E-state index contributed by atoms with van der Waals surface area (Å²) in [5.41, 5.74) is 7.89. The summed E-state index contributed by atoms with van der Waals surface area (Å²) < 4.78 is 0. The van der Waals surface area contributed by atoms with Crippen molar-refractivity contribution in [2.75, 3.05) is 11.1 Å². The Balaban J connectivity index is 2.24. The number of rotatable bonds is 2. The molecular weight excluding hydrogens is 178 g/mol. The molecule has 0 spiro atoms. The second kappa shape index (κ2) is 3.69. The first-order chi connectivity index (χ1) is 6.86. The molecule has 5 heteroatoms. The van der Waals surface area contributed by atoms with Crippen LogP contribution in [-0.4, -0.2) is 15.0 Å². The summed E-state index contributed by atoms with van der Waals surface area (Å²) in [5, 5.41) is 3.08. The maximum absolute atomic E-state index is 5.70. The Morgan fingerprint density at radius 2 is 1.86 bits per heavy atom. The van der Waals surface area contributed by atoms with Crippen molar-refractivity contribution in [2.45, 2.75) is 0 Å². The fourth-order valence-corrected chi connectivity index (χ4v) is 1.04. The molecule has 0 aliphatic heterocycles. The molecule has 0 unspecified atom stereocenters. The van der Waals surface area contributed by atoms with Gasteiger partial charge in [-0.25, -0.2) is 9.97 Å². The van der Waals surface area contributed by atoms with E-state index in [-0.39, 0.29) is 0 Å². The van der Waals surface area contributed by atoms with Gasteiger partial charge in [-0.2, -0.15) is 0 Å². The molecule has 2 aromatic rings. The Labute approximate surface area is 81.0 Å². The minimum atomic E-state index is 0.594. The number of hydrogen-bond acceptors (Lipinski definition) is 5. The number of nitrogens with zero attached hydrogens (tertiary/aromatic N) is 3. The average Bonchev–Trinajstić information content (AvgIpc) is 2.23. The van der Waals surface area contributed by atoms with Gasteiger partial charge in [0.2, 0.25) is 0 Å². The molecule has 0 amide bonds. The zero-order chi connectivity index (χ0) is 9.80. The minimum absolute atomic E-state index is 0.594. The van der Waals surface area contributed by atoms with Crippen LogP contribution in [0.1, 0.15) is 0 Å². The molecule has 0 bridgehead atoms. The lowest BCUT2D eigenvalue weighted by Gasteiger charge is -2.06. The Kier molecular flexibility index (Phi) is 2.22. The zero-order valence-electron chi connectivity index (χ0n) is 7.38. The van der Waals surface area contributed by atoms with E-state index in [2.05, 4.69) is 20.3 Å². The average molecular weight is 187 g/mol. The summed E-state index contributed by atoms with van der Waals surface area (Å²) >= 11 is 0. The third-order valence-corrected chi connectivity index (χ3v) is 1.69. The van der Waals surface area contributed by atoms with E-state index in [1.807, 2.05) is 0 Å². The quantitative estimate of drug-likeness (QED) is 0.738. The number of nitrogen functional groups attached to an aromatic ring is 1. The summed E-state index contributed by atoms with van der Waals surface area (Å²) in [4.78, 5) is 11.7. The van der Waals surface area contributed by atoms with Gasteiger partial charge in [0.1, 0.15) is 6.33 Å². The van der Waals surface area contributed by atoms with Crippen molar-refractivity contribution in [3.05, 3.63) is 37.2 Å². The van der Waals surface area contributed by atoms with Gasteiger partial charge in [0.25, 0.3) is 0 Å². The third kappa shape index (κ3) is 1.77. The van der Waals surface area contributed by atoms with E-state index in [9.17, 15) is 0 Å². The highest BCUT2D eigenvalue weighted by Gasteiger charge is 1.98. The van der Waals surface area contributed by atoms with Gasteiger partial charge in [-0.1, -0.05) is 0 Å². The molecule has 70 valence electrons. The van der Waals surface area contributed by atoms with Crippen molar-refractivity contribution < 1.29 is 0 Å². The van der Waals surface area contributed by atoms with Crippen LogP contribution < -0.4 is 11.1 Å². The third-order valence-electron chi connectivity index (χ3n) is 1.69. The van der Waals surface area contributed by atoms with E-state index in [1.54, 1.807) is 30.9 Å². The van der Waals surface area contributed by atoms with E-state index in [1.165, 1.54) is 6.33 Å². The molecule has 0 atom stereocenters. The molecule has 0 aromatic carbocycles. The van der Waals surface area contributed by atoms with Crippen molar-refractivity contribution >= 4 is 17.1 Å². The van der Waals surface area contributed by atoms with Crippen LogP contribution in [0.15, 0.2) is 37.2 Å². The van der Waals surface area contributed by atoms with Crippen LogP contribution in [-0.2, 0) is 0 Å². The predicted octanol–water partition coefficient (Wildman–Crippen LogP) is 1.20. The molecule has 2 aromatic heterocycles. The highest BCUT2D eigenvalue weighted by Crippen LogP contribution is 2.19. The highest BCUT2D eigenvalue weighted by molar-refractivity contribution is 5.70.